The molecule has 1 N–H and O–H groups in total. The molecule has 2 aliphatic rings. The Morgan fingerprint density at radius 2 is 2.13 bits per heavy atom. The summed E-state index contributed by atoms with van der Waals surface area (Å²) in [5, 5.41) is 16.8. The molecule has 1 saturated heterocycles. The third kappa shape index (κ3) is 4.08. The lowest BCUT2D eigenvalue weighted by Crippen LogP contribution is -2.15. The van der Waals surface area contributed by atoms with Crippen molar-refractivity contribution in [3.05, 3.63) is 23.0 Å². The number of rotatable bonds is 6. The van der Waals surface area contributed by atoms with Gasteiger partial charge in [0.05, 0.1) is 34.2 Å². The van der Waals surface area contributed by atoms with Crippen LogP contribution in [0.4, 0.5) is 5.13 Å². The molecule has 0 aromatic carbocycles. The molecule has 0 radical (unpaired) electrons. The number of thioether (sulfide) groups is 1. The number of carbonyl (C=O) groups is 1. The van der Waals surface area contributed by atoms with Crippen molar-refractivity contribution in [3.8, 4) is 0 Å². The zero-order chi connectivity index (χ0) is 21.8. The van der Waals surface area contributed by atoms with Crippen LogP contribution in [0, 0.1) is 6.92 Å². The minimum atomic E-state index is -3.07. The Bertz CT molecular complexity index is 1280. The van der Waals surface area contributed by atoms with E-state index in [1.54, 1.807) is 16.4 Å². The van der Waals surface area contributed by atoms with Gasteiger partial charge >= 0.3 is 0 Å². The van der Waals surface area contributed by atoms with Crippen LogP contribution in [0.25, 0.3) is 11.0 Å². The molecule has 31 heavy (non-hydrogen) atoms. The number of sulfone groups is 1. The molecule has 1 saturated carbocycles. The van der Waals surface area contributed by atoms with Crippen molar-refractivity contribution in [2.75, 3.05) is 22.6 Å². The first-order valence-corrected chi connectivity index (χ1v) is 13.8. The number of pyridine rings is 1. The Morgan fingerprint density at radius 3 is 2.81 bits per heavy atom. The maximum absolute atomic E-state index is 13.2. The van der Waals surface area contributed by atoms with Crippen molar-refractivity contribution < 1.29 is 13.2 Å². The molecule has 4 heterocycles. The van der Waals surface area contributed by atoms with Crippen molar-refractivity contribution >= 4 is 55.0 Å². The van der Waals surface area contributed by atoms with Gasteiger partial charge in [0, 0.05) is 11.6 Å². The lowest BCUT2D eigenvalue weighted by Gasteiger charge is -2.11. The molecule has 0 spiro atoms. The molecule has 1 atom stereocenters. The number of amides is 1. The third-order valence-electron chi connectivity index (χ3n) is 5.55. The van der Waals surface area contributed by atoms with Gasteiger partial charge in [0.2, 0.25) is 5.13 Å². The molecule has 9 nitrogen and oxygen atoms in total. The molecule has 164 valence electrons. The van der Waals surface area contributed by atoms with Crippen LogP contribution in [-0.4, -0.2) is 56.5 Å². The predicted octanol–water partition coefficient (Wildman–Crippen LogP) is 3.19. The zero-order valence-corrected chi connectivity index (χ0v) is 19.6. The molecule has 0 unspecified atom stereocenters. The first kappa shape index (κ1) is 20.8. The van der Waals surface area contributed by atoms with Crippen LogP contribution < -0.4 is 5.32 Å². The second-order valence-electron chi connectivity index (χ2n) is 7.91. The fourth-order valence-electron chi connectivity index (χ4n) is 3.93. The number of fused-ring (bicyclic) bond motifs is 1. The summed E-state index contributed by atoms with van der Waals surface area (Å²) < 4.78 is 26.6. The Morgan fingerprint density at radius 1 is 1.32 bits per heavy atom. The third-order valence-corrected chi connectivity index (χ3v) is 9.15. The minimum absolute atomic E-state index is 0.0583. The number of anilines is 1. The summed E-state index contributed by atoms with van der Waals surface area (Å²) in [6.45, 7) is 3.87. The predicted molar refractivity (Wildman–Crippen MR) is 121 cm³/mol. The van der Waals surface area contributed by atoms with Crippen LogP contribution in [0.2, 0.25) is 0 Å². The lowest BCUT2D eigenvalue weighted by molar-refractivity contribution is 0.102. The van der Waals surface area contributed by atoms with Gasteiger partial charge < -0.3 is 0 Å². The number of aryl methyl sites for hydroxylation is 1. The average Bonchev–Trinajstić information content (AvgIpc) is 3.27. The van der Waals surface area contributed by atoms with Gasteiger partial charge in [-0.15, -0.1) is 10.2 Å². The van der Waals surface area contributed by atoms with E-state index in [-0.39, 0.29) is 23.5 Å². The Kier molecular flexibility index (Phi) is 5.25. The van der Waals surface area contributed by atoms with Gasteiger partial charge in [-0.3, -0.25) is 10.1 Å². The van der Waals surface area contributed by atoms with Gasteiger partial charge in [0.25, 0.3) is 5.91 Å². The summed E-state index contributed by atoms with van der Waals surface area (Å²) in [5.41, 5.74) is 2.61. The molecule has 1 aliphatic carbocycles. The molecule has 3 aromatic rings. The van der Waals surface area contributed by atoms with E-state index in [1.165, 1.54) is 11.3 Å². The summed E-state index contributed by atoms with van der Waals surface area (Å²) in [6, 6.07) is 1.60. The van der Waals surface area contributed by atoms with Gasteiger partial charge in [-0.2, -0.15) is 5.10 Å². The maximum atomic E-state index is 13.2. The molecule has 2 fully saturated rings. The van der Waals surface area contributed by atoms with Crippen LogP contribution in [0.1, 0.15) is 59.9 Å². The standard InChI is InChI=1S/C19H22N6O3S3/c1-3-29-19-23-22-18(30-19)21-17(26)13-8-14(11-4-5-11)20-16-15(13)10(2)24-25(16)12-6-7-31(27,28)9-12/h8,11-12H,3-7,9H2,1-2H3,(H,21,22,26)/t12-/m1/s1. The second-order valence-corrected chi connectivity index (χ2v) is 12.6. The molecule has 1 amide bonds. The van der Waals surface area contributed by atoms with Crippen molar-refractivity contribution in [2.45, 2.75) is 49.4 Å². The number of aromatic nitrogens is 5. The second kappa shape index (κ2) is 7.82. The summed E-state index contributed by atoms with van der Waals surface area (Å²) in [5.74, 6) is 1.15. The number of nitrogens with one attached hydrogen (secondary N) is 1. The average molecular weight is 479 g/mol. The molecule has 0 bridgehead atoms. The highest BCUT2D eigenvalue weighted by molar-refractivity contribution is 8.01. The highest BCUT2D eigenvalue weighted by atomic mass is 32.2. The van der Waals surface area contributed by atoms with Crippen molar-refractivity contribution in [1.29, 1.82) is 0 Å². The highest BCUT2D eigenvalue weighted by Gasteiger charge is 2.34. The van der Waals surface area contributed by atoms with Gasteiger partial charge in [-0.1, -0.05) is 30.0 Å². The van der Waals surface area contributed by atoms with Crippen LogP contribution in [0.15, 0.2) is 10.4 Å². The molecular weight excluding hydrogens is 456 g/mol. The minimum Gasteiger partial charge on any atom is -0.296 e. The van der Waals surface area contributed by atoms with Gasteiger partial charge in [-0.05, 0) is 38.0 Å². The Labute approximate surface area is 188 Å². The largest absolute Gasteiger partial charge is 0.296 e. The van der Waals surface area contributed by atoms with Gasteiger partial charge in [0.15, 0.2) is 19.8 Å². The number of hydrogen-bond donors (Lipinski definition) is 1. The van der Waals surface area contributed by atoms with Crippen molar-refractivity contribution in [1.82, 2.24) is 25.0 Å². The number of carbonyl (C=O) groups excluding carboxylic acids is 1. The fourth-order valence-corrected chi connectivity index (χ4v) is 7.27. The summed E-state index contributed by atoms with van der Waals surface area (Å²) in [7, 11) is -3.07. The van der Waals surface area contributed by atoms with Crippen LogP contribution in [0.3, 0.4) is 0 Å². The van der Waals surface area contributed by atoms with Crippen LogP contribution in [0.5, 0.6) is 0 Å². The molecule has 5 rings (SSSR count). The summed E-state index contributed by atoms with van der Waals surface area (Å²) in [6.07, 6.45) is 2.59. The first-order valence-electron chi connectivity index (χ1n) is 10.2. The van der Waals surface area contributed by atoms with E-state index >= 15 is 0 Å². The first-order chi connectivity index (χ1) is 14.8. The van der Waals surface area contributed by atoms with E-state index < -0.39 is 9.84 Å². The maximum Gasteiger partial charge on any atom is 0.258 e. The number of hydrogen-bond acceptors (Lipinski definition) is 9. The van der Waals surface area contributed by atoms with Crippen molar-refractivity contribution in [2.24, 2.45) is 0 Å². The molecule has 1 aliphatic heterocycles. The smallest absolute Gasteiger partial charge is 0.258 e. The normalized spacial score (nSPS) is 20.4. The van der Waals surface area contributed by atoms with E-state index in [2.05, 4.69) is 20.6 Å². The van der Waals surface area contributed by atoms with E-state index in [4.69, 9.17) is 4.98 Å². The van der Waals surface area contributed by atoms with Crippen LogP contribution >= 0.6 is 23.1 Å². The van der Waals surface area contributed by atoms with E-state index in [0.29, 0.717) is 39.8 Å². The topological polar surface area (TPSA) is 120 Å². The monoisotopic (exact) mass is 478 g/mol. The van der Waals surface area contributed by atoms with E-state index in [9.17, 15) is 13.2 Å². The fraction of sp³-hybridized carbons (Fsp3) is 0.526. The number of nitrogens with zero attached hydrogens (tertiary/aromatic N) is 5. The quantitative estimate of drug-likeness (QED) is 0.424. The summed E-state index contributed by atoms with van der Waals surface area (Å²) >= 11 is 2.92. The lowest BCUT2D eigenvalue weighted by atomic mass is 10.1. The Hall–Kier alpha value is -2.05. The summed E-state index contributed by atoms with van der Waals surface area (Å²) in [4.78, 5) is 18.1. The van der Waals surface area contributed by atoms with Crippen molar-refractivity contribution in [3.63, 3.8) is 0 Å². The van der Waals surface area contributed by atoms with Gasteiger partial charge in [-0.25, -0.2) is 18.1 Å². The van der Waals surface area contributed by atoms with E-state index in [1.807, 2.05) is 19.9 Å². The SMILES string of the molecule is CCSc1nnc(NC(=O)c2cc(C3CC3)nc3c2c(C)nn3[C@@H]2CCS(=O)(=O)C2)s1. The zero-order valence-electron chi connectivity index (χ0n) is 17.2. The molecule has 3 aromatic heterocycles. The Balaban J connectivity index is 1.56. The van der Waals surface area contributed by atoms with E-state index in [0.717, 1.165) is 28.6 Å². The molecular formula is C19H22N6O3S3. The molecule has 12 heteroatoms. The van der Waals surface area contributed by atoms with Gasteiger partial charge in [0.1, 0.15) is 0 Å². The highest BCUT2D eigenvalue weighted by Crippen LogP contribution is 2.41. The van der Waals surface area contributed by atoms with Crippen LogP contribution in [-0.2, 0) is 9.84 Å².